The number of alkyl halides is 3. The zero-order valence-corrected chi connectivity index (χ0v) is 15.2. The molecule has 3 nitrogen and oxygen atoms in total. The highest BCUT2D eigenvalue weighted by atomic mass is 35.6. The quantitative estimate of drug-likeness (QED) is 0.208. The second kappa shape index (κ2) is 11.8. The standard InChI is InChI=1S/C14H22Cl4O3/c1-2-3-4-5-6-7-8-11(13(15)20)9-12(19)21-10-14(16,17)18/h11H,2-10H2,1H3/t11-/m1/s1. The number of hydrogen-bond acceptors (Lipinski definition) is 3. The molecule has 0 rings (SSSR count). The Morgan fingerprint density at radius 3 is 2.14 bits per heavy atom. The van der Waals surface area contributed by atoms with Crippen LogP contribution in [0.1, 0.15) is 58.3 Å². The molecule has 0 aromatic heterocycles. The van der Waals surface area contributed by atoms with Gasteiger partial charge in [-0.2, -0.15) is 0 Å². The van der Waals surface area contributed by atoms with Crippen LogP contribution in [0.5, 0.6) is 0 Å². The van der Waals surface area contributed by atoms with Crippen molar-refractivity contribution in [1.82, 2.24) is 0 Å². The Labute approximate surface area is 146 Å². The van der Waals surface area contributed by atoms with Gasteiger partial charge in [0.05, 0.1) is 6.42 Å². The molecule has 0 aliphatic heterocycles. The van der Waals surface area contributed by atoms with E-state index < -0.39 is 20.9 Å². The molecule has 0 aromatic rings. The molecule has 1 atom stereocenters. The maximum Gasteiger partial charge on any atom is 0.306 e. The minimum Gasteiger partial charge on any atom is -0.461 e. The molecule has 0 aliphatic rings. The van der Waals surface area contributed by atoms with Crippen molar-refractivity contribution < 1.29 is 14.3 Å². The Morgan fingerprint density at radius 2 is 1.62 bits per heavy atom. The normalized spacial score (nSPS) is 13.0. The smallest absolute Gasteiger partial charge is 0.306 e. The van der Waals surface area contributed by atoms with Crippen molar-refractivity contribution in [1.29, 1.82) is 0 Å². The SMILES string of the molecule is CCCCCCCC[C@H](CC(=O)OCC(Cl)(Cl)Cl)C(=O)Cl. The molecule has 0 aliphatic carbocycles. The van der Waals surface area contributed by atoms with Crippen LogP contribution < -0.4 is 0 Å². The third kappa shape index (κ3) is 13.7. The predicted octanol–water partition coefficient (Wildman–Crippen LogP) is 5.42. The summed E-state index contributed by atoms with van der Waals surface area (Å²) in [5.41, 5.74) is 0. The highest BCUT2D eigenvalue weighted by Gasteiger charge is 2.25. The predicted molar refractivity (Wildman–Crippen MR) is 88.2 cm³/mol. The van der Waals surface area contributed by atoms with Crippen LogP contribution in [0.2, 0.25) is 0 Å². The minimum atomic E-state index is -1.64. The fourth-order valence-electron chi connectivity index (χ4n) is 1.89. The van der Waals surface area contributed by atoms with Crippen molar-refractivity contribution in [3.63, 3.8) is 0 Å². The van der Waals surface area contributed by atoms with Crippen molar-refractivity contribution in [3.05, 3.63) is 0 Å². The summed E-state index contributed by atoms with van der Waals surface area (Å²) in [6, 6.07) is 0. The summed E-state index contributed by atoms with van der Waals surface area (Å²) in [4.78, 5) is 22.9. The zero-order chi connectivity index (χ0) is 16.3. The zero-order valence-electron chi connectivity index (χ0n) is 12.2. The topological polar surface area (TPSA) is 43.4 Å². The molecule has 0 aromatic carbocycles. The molecule has 0 unspecified atom stereocenters. The molecule has 124 valence electrons. The van der Waals surface area contributed by atoms with E-state index in [0.717, 1.165) is 19.3 Å². The fraction of sp³-hybridized carbons (Fsp3) is 0.857. The van der Waals surface area contributed by atoms with Gasteiger partial charge < -0.3 is 4.74 Å². The Hall–Kier alpha value is 0.300. The second-order valence-electron chi connectivity index (χ2n) is 5.04. The summed E-state index contributed by atoms with van der Waals surface area (Å²) in [5.74, 6) is -1.10. The molecule has 0 spiro atoms. The minimum absolute atomic E-state index is 0.0714. The first-order chi connectivity index (χ1) is 9.76. The molecule has 7 heteroatoms. The van der Waals surface area contributed by atoms with Gasteiger partial charge in [-0.15, -0.1) is 0 Å². The van der Waals surface area contributed by atoms with E-state index in [1.165, 1.54) is 19.3 Å². The summed E-state index contributed by atoms with van der Waals surface area (Å²) in [5, 5.41) is -0.519. The van der Waals surface area contributed by atoms with Gasteiger partial charge in [-0.25, -0.2) is 0 Å². The molecule has 0 N–H and O–H groups in total. The summed E-state index contributed by atoms with van der Waals surface area (Å²) < 4.78 is 3.16. The lowest BCUT2D eigenvalue weighted by molar-refractivity contribution is -0.145. The first kappa shape index (κ1) is 21.3. The van der Waals surface area contributed by atoms with E-state index in [1.807, 2.05) is 0 Å². The van der Waals surface area contributed by atoms with Crippen molar-refractivity contribution >= 4 is 57.6 Å². The van der Waals surface area contributed by atoms with E-state index >= 15 is 0 Å². The Kier molecular flexibility index (Phi) is 12.0. The number of halogens is 4. The highest BCUT2D eigenvalue weighted by molar-refractivity contribution is 6.67. The average Bonchev–Trinajstić information content (AvgIpc) is 2.38. The molecular weight excluding hydrogens is 358 g/mol. The third-order valence-corrected chi connectivity index (χ3v) is 3.67. The molecule has 0 bridgehead atoms. The second-order valence-corrected chi connectivity index (χ2v) is 7.93. The van der Waals surface area contributed by atoms with Crippen molar-refractivity contribution in [2.24, 2.45) is 5.92 Å². The summed E-state index contributed by atoms with van der Waals surface area (Å²) in [7, 11) is 0. The molecule has 21 heavy (non-hydrogen) atoms. The number of hydrogen-bond donors (Lipinski definition) is 0. The summed E-state index contributed by atoms with van der Waals surface area (Å²) in [6.45, 7) is 1.82. The average molecular weight is 380 g/mol. The Balaban J connectivity index is 3.96. The lowest BCUT2D eigenvalue weighted by atomic mass is 9.98. The molecule has 0 fully saturated rings. The van der Waals surface area contributed by atoms with Crippen molar-refractivity contribution in [2.45, 2.75) is 62.1 Å². The first-order valence-electron chi connectivity index (χ1n) is 7.18. The van der Waals surface area contributed by atoms with Crippen LogP contribution in [-0.4, -0.2) is 21.6 Å². The lowest BCUT2D eigenvalue weighted by Gasteiger charge is -2.14. The van der Waals surface area contributed by atoms with Gasteiger partial charge in [0.25, 0.3) is 0 Å². The number of rotatable bonds is 11. The maximum atomic E-state index is 11.6. The van der Waals surface area contributed by atoms with Gasteiger partial charge in [0.2, 0.25) is 9.03 Å². The molecule has 0 radical (unpaired) electrons. The van der Waals surface area contributed by atoms with Gasteiger partial charge in [-0.3, -0.25) is 9.59 Å². The van der Waals surface area contributed by atoms with Crippen molar-refractivity contribution in [2.75, 3.05) is 6.61 Å². The largest absolute Gasteiger partial charge is 0.461 e. The van der Waals surface area contributed by atoms with E-state index in [2.05, 4.69) is 6.92 Å². The molecular formula is C14H22Cl4O3. The highest BCUT2D eigenvalue weighted by Crippen LogP contribution is 2.26. The Bertz CT molecular complexity index is 316. The van der Waals surface area contributed by atoms with Crippen LogP contribution in [-0.2, 0) is 14.3 Å². The van der Waals surface area contributed by atoms with E-state index in [0.29, 0.717) is 6.42 Å². The van der Waals surface area contributed by atoms with E-state index in [9.17, 15) is 9.59 Å². The summed E-state index contributed by atoms with van der Waals surface area (Å²) >= 11 is 22.0. The molecule has 0 heterocycles. The van der Waals surface area contributed by atoms with E-state index in [4.69, 9.17) is 51.1 Å². The number of unbranched alkanes of at least 4 members (excludes halogenated alkanes) is 5. The van der Waals surface area contributed by atoms with E-state index in [-0.39, 0.29) is 13.0 Å². The molecule has 0 amide bonds. The van der Waals surface area contributed by atoms with Crippen LogP contribution in [0.4, 0.5) is 0 Å². The monoisotopic (exact) mass is 378 g/mol. The summed E-state index contributed by atoms with van der Waals surface area (Å²) in [6.07, 6.45) is 7.15. The van der Waals surface area contributed by atoms with Crippen LogP contribution in [0.15, 0.2) is 0 Å². The van der Waals surface area contributed by atoms with Gasteiger partial charge in [-0.1, -0.05) is 80.3 Å². The lowest BCUT2D eigenvalue weighted by Crippen LogP contribution is -2.21. The van der Waals surface area contributed by atoms with E-state index in [1.54, 1.807) is 0 Å². The van der Waals surface area contributed by atoms with Gasteiger partial charge in [0.1, 0.15) is 6.61 Å². The van der Waals surface area contributed by atoms with Gasteiger partial charge in [0.15, 0.2) is 0 Å². The van der Waals surface area contributed by atoms with Crippen LogP contribution >= 0.6 is 46.4 Å². The number of esters is 1. The van der Waals surface area contributed by atoms with Gasteiger partial charge in [-0.05, 0) is 18.0 Å². The number of carbonyl (C=O) groups is 2. The first-order valence-corrected chi connectivity index (χ1v) is 8.69. The van der Waals surface area contributed by atoms with Crippen molar-refractivity contribution in [3.8, 4) is 0 Å². The molecule has 0 saturated heterocycles. The fourth-order valence-corrected chi connectivity index (χ4v) is 2.24. The van der Waals surface area contributed by atoms with Crippen LogP contribution in [0.3, 0.4) is 0 Å². The molecule has 0 saturated carbocycles. The van der Waals surface area contributed by atoms with Crippen LogP contribution in [0.25, 0.3) is 0 Å². The van der Waals surface area contributed by atoms with Gasteiger partial charge in [0, 0.05) is 5.92 Å². The maximum absolute atomic E-state index is 11.6. The number of ether oxygens (including phenoxy) is 1. The number of carbonyl (C=O) groups excluding carboxylic acids is 2. The Morgan fingerprint density at radius 1 is 1.05 bits per heavy atom. The van der Waals surface area contributed by atoms with Crippen LogP contribution in [0, 0.1) is 5.92 Å². The van der Waals surface area contributed by atoms with Gasteiger partial charge >= 0.3 is 5.97 Å². The third-order valence-electron chi connectivity index (χ3n) is 3.04.